The van der Waals surface area contributed by atoms with Crippen LogP contribution >= 0.6 is 11.6 Å². The maximum absolute atomic E-state index is 13.1. The molecular weight excluding hydrogens is 486 g/mol. The van der Waals surface area contributed by atoms with Crippen molar-refractivity contribution < 1.29 is 14.3 Å². The summed E-state index contributed by atoms with van der Waals surface area (Å²) in [5.41, 5.74) is 9.72. The first kappa shape index (κ1) is 25.9. The zero-order valence-corrected chi connectivity index (χ0v) is 21.6. The van der Waals surface area contributed by atoms with E-state index < -0.39 is 0 Å². The van der Waals surface area contributed by atoms with Crippen molar-refractivity contribution in [1.82, 2.24) is 0 Å². The number of allylic oxidation sites excluding steroid dienone is 2. The number of rotatable bonds is 7. The van der Waals surface area contributed by atoms with E-state index in [1.165, 1.54) is 0 Å². The average molecular weight is 514 g/mol. The van der Waals surface area contributed by atoms with Crippen LogP contribution in [0.4, 0.5) is 5.69 Å². The van der Waals surface area contributed by atoms with Crippen molar-refractivity contribution >= 4 is 29.0 Å². The molecule has 1 heterocycles. The van der Waals surface area contributed by atoms with E-state index in [0.29, 0.717) is 22.0 Å². The molecule has 1 aliphatic rings. The number of methoxy groups -OCH3 is 1. The third kappa shape index (κ3) is 5.79. The largest absolute Gasteiger partial charge is 0.497 e. The molecule has 0 saturated carbocycles. The van der Waals surface area contributed by atoms with Crippen LogP contribution < -0.4 is 15.8 Å². The fourth-order valence-electron chi connectivity index (χ4n) is 4.40. The van der Waals surface area contributed by atoms with E-state index in [1.807, 2.05) is 80.6 Å². The monoisotopic (exact) mass is 513 g/mol. The van der Waals surface area contributed by atoms with Gasteiger partial charge in [0.2, 0.25) is 11.8 Å². The van der Waals surface area contributed by atoms with Crippen LogP contribution in [-0.2, 0) is 9.53 Å². The van der Waals surface area contributed by atoms with Crippen molar-refractivity contribution in [3.63, 3.8) is 0 Å². The van der Waals surface area contributed by atoms with Crippen molar-refractivity contribution in [2.75, 3.05) is 12.4 Å². The lowest BCUT2D eigenvalue weighted by Gasteiger charge is -2.23. The van der Waals surface area contributed by atoms with Gasteiger partial charge in [-0.05, 0) is 71.7 Å². The fraction of sp³-hybridized carbons (Fsp3) is 0.200. The van der Waals surface area contributed by atoms with Crippen LogP contribution in [0.5, 0.6) is 5.75 Å². The molecule has 3 aromatic rings. The summed E-state index contributed by atoms with van der Waals surface area (Å²) in [6.07, 6.45) is 1.87. The molecule has 2 unspecified atom stereocenters. The van der Waals surface area contributed by atoms with Crippen LogP contribution in [-0.4, -0.2) is 13.0 Å². The molecular formula is C30H28ClN3O3. The third-order valence-electron chi connectivity index (χ3n) is 6.33. The standard InChI is InChI=1S/C30H28ClN3O3/c1-18(2)28(21-4-10-22(31)11-5-21)30(35)34-23-12-6-20(7-13-23)27-16-25(26(17-32)29(33)37-27)19-8-14-24(36-3)15-9-19/h4-16,18,25,28H,33H2,1-3H3,(H,34,35). The molecule has 4 rings (SSSR count). The van der Waals surface area contributed by atoms with Gasteiger partial charge in [-0.25, -0.2) is 0 Å². The molecule has 37 heavy (non-hydrogen) atoms. The number of nitrogens with one attached hydrogen (secondary N) is 1. The molecule has 7 heteroatoms. The number of halogens is 1. The Hall–Kier alpha value is -4.21. The van der Waals surface area contributed by atoms with Crippen LogP contribution in [0.2, 0.25) is 5.02 Å². The maximum Gasteiger partial charge on any atom is 0.232 e. The van der Waals surface area contributed by atoms with Crippen LogP contribution in [0, 0.1) is 17.2 Å². The summed E-state index contributed by atoms with van der Waals surface area (Å²) in [6, 6.07) is 24.4. The van der Waals surface area contributed by atoms with Gasteiger partial charge in [0.25, 0.3) is 0 Å². The summed E-state index contributed by atoms with van der Waals surface area (Å²) in [4.78, 5) is 13.1. The summed E-state index contributed by atoms with van der Waals surface area (Å²) in [7, 11) is 1.60. The van der Waals surface area contributed by atoms with Crippen molar-refractivity contribution in [3.8, 4) is 11.8 Å². The van der Waals surface area contributed by atoms with Crippen molar-refractivity contribution in [1.29, 1.82) is 5.26 Å². The molecule has 0 aliphatic carbocycles. The highest BCUT2D eigenvalue weighted by Crippen LogP contribution is 2.37. The number of carbonyl (C=O) groups is 1. The fourth-order valence-corrected chi connectivity index (χ4v) is 4.52. The third-order valence-corrected chi connectivity index (χ3v) is 6.58. The maximum atomic E-state index is 13.1. The molecule has 1 aliphatic heterocycles. The van der Waals surface area contributed by atoms with E-state index >= 15 is 0 Å². The number of hydrogen-bond donors (Lipinski definition) is 2. The summed E-state index contributed by atoms with van der Waals surface area (Å²) in [5.74, 6) is 0.663. The topological polar surface area (TPSA) is 97.4 Å². The lowest BCUT2D eigenvalue weighted by atomic mass is 9.87. The molecule has 2 atom stereocenters. The second kappa shape index (κ2) is 11.2. The summed E-state index contributed by atoms with van der Waals surface area (Å²) >= 11 is 6.02. The predicted octanol–water partition coefficient (Wildman–Crippen LogP) is 6.58. The minimum atomic E-state index is -0.356. The predicted molar refractivity (Wildman–Crippen MR) is 146 cm³/mol. The second-order valence-corrected chi connectivity index (χ2v) is 9.55. The van der Waals surface area contributed by atoms with E-state index in [0.717, 1.165) is 22.4 Å². The molecule has 3 aromatic carbocycles. The number of hydrogen-bond acceptors (Lipinski definition) is 5. The van der Waals surface area contributed by atoms with Crippen molar-refractivity contribution in [2.45, 2.75) is 25.7 Å². The quantitative estimate of drug-likeness (QED) is 0.372. The zero-order valence-electron chi connectivity index (χ0n) is 20.9. The highest BCUT2D eigenvalue weighted by atomic mass is 35.5. The Kier molecular flexibility index (Phi) is 7.86. The van der Waals surface area contributed by atoms with Gasteiger partial charge in [-0.2, -0.15) is 5.26 Å². The number of anilines is 1. The number of nitriles is 1. The normalized spacial score (nSPS) is 15.9. The van der Waals surface area contributed by atoms with Crippen LogP contribution in [0.15, 0.2) is 90.3 Å². The first-order valence-corrected chi connectivity index (χ1v) is 12.3. The Balaban J connectivity index is 1.55. The minimum absolute atomic E-state index is 0.0703. The summed E-state index contributed by atoms with van der Waals surface area (Å²) < 4.78 is 11.0. The van der Waals surface area contributed by atoms with E-state index in [4.69, 9.17) is 26.8 Å². The number of amides is 1. The Morgan fingerprint density at radius 3 is 2.27 bits per heavy atom. The van der Waals surface area contributed by atoms with E-state index in [-0.39, 0.29) is 29.5 Å². The Bertz CT molecular complexity index is 1370. The van der Waals surface area contributed by atoms with Crippen molar-refractivity contribution in [3.05, 3.63) is 112 Å². The average Bonchev–Trinajstić information content (AvgIpc) is 2.90. The SMILES string of the molecule is COc1ccc(C2C=C(c3ccc(NC(=O)C(c4ccc(Cl)cc4)C(C)C)cc3)OC(N)=C2C#N)cc1. The number of nitrogens with two attached hydrogens (primary N) is 1. The second-order valence-electron chi connectivity index (χ2n) is 9.11. The van der Waals surface area contributed by atoms with Gasteiger partial charge in [-0.3, -0.25) is 4.79 Å². The summed E-state index contributed by atoms with van der Waals surface area (Å²) in [6.45, 7) is 4.03. The molecule has 3 N–H and O–H groups in total. The van der Waals surface area contributed by atoms with Gasteiger partial charge in [0.05, 0.1) is 13.0 Å². The lowest BCUT2D eigenvalue weighted by Crippen LogP contribution is -2.25. The zero-order chi connectivity index (χ0) is 26.5. The number of carbonyl (C=O) groups excluding carboxylic acids is 1. The van der Waals surface area contributed by atoms with E-state index in [1.54, 1.807) is 19.2 Å². The van der Waals surface area contributed by atoms with Crippen LogP contribution in [0.3, 0.4) is 0 Å². The van der Waals surface area contributed by atoms with Gasteiger partial charge >= 0.3 is 0 Å². The number of nitrogens with zero attached hydrogens (tertiary/aromatic N) is 1. The molecule has 0 fully saturated rings. The van der Waals surface area contributed by atoms with E-state index in [9.17, 15) is 10.1 Å². The highest BCUT2D eigenvalue weighted by Gasteiger charge is 2.27. The van der Waals surface area contributed by atoms with Gasteiger partial charge < -0.3 is 20.5 Å². The molecule has 1 amide bonds. The molecule has 0 saturated heterocycles. The smallest absolute Gasteiger partial charge is 0.232 e. The first-order chi connectivity index (χ1) is 17.8. The number of ether oxygens (including phenoxy) is 2. The van der Waals surface area contributed by atoms with Gasteiger partial charge in [-0.1, -0.05) is 49.7 Å². The van der Waals surface area contributed by atoms with E-state index in [2.05, 4.69) is 11.4 Å². The van der Waals surface area contributed by atoms with Gasteiger partial charge in [0.15, 0.2) is 0 Å². The molecule has 0 spiro atoms. The Morgan fingerprint density at radius 2 is 1.70 bits per heavy atom. The minimum Gasteiger partial charge on any atom is -0.497 e. The number of benzene rings is 3. The van der Waals surface area contributed by atoms with Gasteiger partial charge in [0.1, 0.15) is 23.2 Å². The summed E-state index contributed by atoms with van der Waals surface area (Å²) in [5, 5.41) is 13.3. The Morgan fingerprint density at radius 1 is 1.05 bits per heavy atom. The lowest BCUT2D eigenvalue weighted by molar-refractivity contribution is -0.118. The van der Waals surface area contributed by atoms with Crippen LogP contribution in [0.25, 0.3) is 5.76 Å². The Labute approximate surface area is 222 Å². The van der Waals surface area contributed by atoms with Gasteiger partial charge in [-0.15, -0.1) is 0 Å². The van der Waals surface area contributed by atoms with Crippen molar-refractivity contribution in [2.24, 2.45) is 11.7 Å². The highest BCUT2D eigenvalue weighted by molar-refractivity contribution is 6.30. The van der Waals surface area contributed by atoms with Gasteiger partial charge in [0, 0.05) is 22.2 Å². The molecule has 0 radical (unpaired) electrons. The van der Waals surface area contributed by atoms with Crippen LogP contribution in [0.1, 0.15) is 42.4 Å². The molecule has 188 valence electrons. The molecule has 6 nitrogen and oxygen atoms in total. The molecule has 0 bridgehead atoms. The molecule has 0 aromatic heterocycles. The first-order valence-electron chi connectivity index (χ1n) is 11.9.